The zero-order valence-corrected chi connectivity index (χ0v) is 9.90. The van der Waals surface area contributed by atoms with Crippen molar-refractivity contribution in [3.05, 3.63) is 45.0 Å². The number of amides is 1. The molecule has 1 aromatic carbocycles. The van der Waals surface area contributed by atoms with Gasteiger partial charge in [-0.3, -0.25) is 14.9 Å². The predicted octanol–water partition coefficient (Wildman–Crippen LogP) is 2.40. The van der Waals surface area contributed by atoms with Crippen LogP contribution in [-0.4, -0.2) is 17.4 Å². The summed E-state index contributed by atoms with van der Waals surface area (Å²) in [5.41, 5.74) is 0.279. The average molecular weight is 255 g/mol. The topological polar surface area (TPSA) is 72.2 Å². The van der Waals surface area contributed by atoms with E-state index in [1.807, 2.05) is 0 Å². The molecule has 0 radical (unpaired) electrons. The molecule has 0 aliphatic rings. The number of nitrogens with zero attached hydrogens (tertiary/aromatic N) is 1. The zero-order chi connectivity index (χ0) is 12.8. The van der Waals surface area contributed by atoms with Gasteiger partial charge in [0.15, 0.2) is 0 Å². The van der Waals surface area contributed by atoms with Crippen molar-refractivity contribution >= 4 is 29.3 Å². The van der Waals surface area contributed by atoms with E-state index < -0.39 is 4.92 Å². The molecule has 0 atom stereocenters. The Kier molecular flexibility index (Phi) is 4.66. The molecule has 6 heteroatoms. The Morgan fingerprint density at radius 2 is 2.29 bits per heavy atom. The summed E-state index contributed by atoms with van der Waals surface area (Å²) in [7, 11) is 0. The Morgan fingerprint density at radius 1 is 1.59 bits per heavy atom. The fraction of sp³-hybridized carbons (Fsp3) is 0.182. The molecule has 0 bridgehead atoms. The van der Waals surface area contributed by atoms with E-state index in [9.17, 15) is 14.9 Å². The highest BCUT2D eigenvalue weighted by atomic mass is 35.5. The predicted molar refractivity (Wildman–Crippen MR) is 65.8 cm³/mol. The van der Waals surface area contributed by atoms with Crippen molar-refractivity contribution in [2.24, 2.45) is 0 Å². The number of hydrogen-bond acceptors (Lipinski definition) is 3. The highest BCUT2D eigenvalue weighted by Gasteiger charge is 2.13. The Bertz CT molecular complexity index is 472. The molecule has 1 aromatic rings. The number of nitro groups is 1. The van der Waals surface area contributed by atoms with Crippen LogP contribution in [0.4, 0.5) is 5.69 Å². The van der Waals surface area contributed by atoms with Crippen LogP contribution in [-0.2, 0) is 4.79 Å². The van der Waals surface area contributed by atoms with Crippen LogP contribution in [0.2, 0.25) is 5.02 Å². The lowest BCUT2D eigenvalue weighted by molar-refractivity contribution is -0.385. The van der Waals surface area contributed by atoms with Gasteiger partial charge in [0.25, 0.3) is 5.69 Å². The second-order valence-corrected chi connectivity index (χ2v) is 3.68. The van der Waals surface area contributed by atoms with Crippen molar-refractivity contribution in [1.29, 1.82) is 0 Å². The molecule has 90 valence electrons. The molecular weight excluding hydrogens is 244 g/mol. The highest BCUT2D eigenvalue weighted by Crippen LogP contribution is 2.27. The largest absolute Gasteiger partial charge is 0.353 e. The summed E-state index contributed by atoms with van der Waals surface area (Å²) < 4.78 is 0. The van der Waals surface area contributed by atoms with Gasteiger partial charge in [-0.15, -0.1) is 0 Å². The lowest BCUT2D eigenvalue weighted by atomic mass is 10.1. The molecule has 0 fully saturated rings. The maximum Gasteiger partial charge on any atom is 0.278 e. The van der Waals surface area contributed by atoms with Gasteiger partial charge in [-0.05, 0) is 12.1 Å². The lowest BCUT2D eigenvalue weighted by Gasteiger charge is -2.00. The third kappa shape index (κ3) is 3.88. The van der Waals surface area contributed by atoms with E-state index in [4.69, 9.17) is 11.6 Å². The molecule has 1 rings (SSSR count). The highest BCUT2D eigenvalue weighted by molar-refractivity contribution is 6.32. The van der Waals surface area contributed by atoms with E-state index in [0.717, 1.165) is 0 Å². The van der Waals surface area contributed by atoms with Crippen LogP contribution < -0.4 is 5.32 Å². The number of nitro benzene ring substituents is 1. The fourth-order valence-electron chi connectivity index (χ4n) is 1.23. The first-order valence-electron chi connectivity index (χ1n) is 4.86. The standard InChI is InChI=1S/C11H11ClN2O3/c1-8(15)13-7-3-4-9-10(12)5-2-6-11(9)14(16)17/h2-6H,7H2,1H3,(H,13,15). The second-order valence-electron chi connectivity index (χ2n) is 3.27. The summed E-state index contributed by atoms with van der Waals surface area (Å²) in [5.74, 6) is -0.164. The Labute approximate surface area is 103 Å². The minimum absolute atomic E-state index is 0.0587. The van der Waals surface area contributed by atoms with Gasteiger partial charge in [0, 0.05) is 19.5 Å². The zero-order valence-electron chi connectivity index (χ0n) is 9.14. The Morgan fingerprint density at radius 3 is 2.88 bits per heavy atom. The van der Waals surface area contributed by atoms with Crippen molar-refractivity contribution in [2.45, 2.75) is 6.92 Å². The van der Waals surface area contributed by atoms with Gasteiger partial charge >= 0.3 is 0 Å². The maximum absolute atomic E-state index is 10.8. The van der Waals surface area contributed by atoms with Crippen LogP contribution in [0.5, 0.6) is 0 Å². The van der Waals surface area contributed by atoms with Crippen LogP contribution in [0.1, 0.15) is 12.5 Å². The van der Waals surface area contributed by atoms with Crippen molar-refractivity contribution in [1.82, 2.24) is 5.32 Å². The smallest absolute Gasteiger partial charge is 0.278 e. The maximum atomic E-state index is 10.8. The van der Waals surface area contributed by atoms with Crippen LogP contribution in [0.15, 0.2) is 24.3 Å². The molecule has 0 unspecified atom stereocenters. The van der Waals surface area contributed by atoms with Gasteiger partial charge in [-0.25, -0.2) is 0 Å². The van der Waals surface area contributed by atoms with Gasteiger partial charge in [0.2, 0.25) is 5.91 Å². The normalized spacial score (nSPS) is 10.5. The van der Waals surface area contributed by atoms with Crippen LogP contribution in [0, 0.1) is 10.1 Å². The van der Waals surface area contributed by atoms with Crippen molar-refractivity contribution in [3.8, 4) is 0 Å². The lowest BCUT2D eigenvalue weighted by Crippen LogP contribution is -2.19. The Balaban J connectivity index is 2.89. The number of rotatable bonds is 4. The first kappa shape index (κ1) is 13.2. The molecule has 0 heterocycles. The number of nitrogens with one attached hydrogen (secondary N) is 1. The van der Waals surface area contributed by atoms with Gasteiger partial charge in [-0.1, -0.05) is 23.7 Å². The van der Waals surface area contributed by atoms with Gasteiger partial charge < -0.3 is 5.32 Å². The fourth-order valence-corrected chi connectivity index (χ4v) is 1.46. The SMILES string of the molecule is CC(=O)NCC=Cc1c(Cl)cccc1[N+](=O)[O-]. The molecule has 0 aromatic heterocycles. The molecule has 17 heavy (non-hydrogen) atoms. The number of halogens is 1. The minimum atomic E-state index is -0.496. The molecule has 1 N–H and O–H groups in total. The number of hydrogen-bond donors (Lipinski definition) is 1. The second kappa shape index (κ2) is 6.00. The minimum Gasteiger partial charge on any atom is -0.353 e. The van der Waals surface area contributed by atoms with E-state index in [-0.39, 0.29) is 11.6 Å². The third-order valence-corrected chi connectivity index (χ3v) is 2.31. The van der Waals surface area contributed by atoms with Gasteiger partial charge in [0.05, 0.1) is 15.5 Å². The molecule has 0 aliphatic heterocycles. The van der Waals surface area contributed by atoms with Crippen molar-refractivity contribution in [2.75, 3.05) is 6.54 Å². The first-order valence-corrected chi connectivity index (χ1v) is 5.24. The van der Waals surface area contributed by atoms with E-state index in [2.05, 4.69) is 5.32 Å². The van der Waals surface area contributed by atoms with Crippen molar-refractivity contribution in [3.63, 3.8) is 0 Å². The number of carbonyl (C=O) groups is 1. The number of benzene rings is 1. The first-order chi connectivity index (χ1) is 8.02. The van der Waals surface area contributed by atoms with E-state index in [1.54, 1.807) is 12.1 Å². The van der Waals surface area contributed by atoms with E-state index >= 15 is 0 Å². The molecule has 0 aliphatic carbocycles. The Hall–Kier alpha value is -1.88. The summed E-state index contributed by atoms with van der Waals surface area (Å²) in [6, 6.07) is 4.47. The molecule has 0 saturated heterocycles. The summed E-state index contributed by atoms with van der Waals surface area (Å²) >= 11 is 5.87. The summed E-state index contributed by atoms with van der Waals surface area (Å²) in [4.78, 5) is 20.9. The summed E-state index contributed by atoms with van der Waals surface area (Å²) in [6.45, 7) is 1.70. The molecule has 0 spiro atoms. The van der Waals surface area contributed by atoms with Crippen LogP contribution in [0.3, 0.4) is 0 Å². The number of carbonyl (C=O) groups excluding carboxylic acids is 1. The van der Waals surface area contributed by atoms with Crippen molar-refractivity contribution < 1.29 is 9.72 Å². The molecule has 1 amide bonds. The van der Waals surface area contributed by atoms with E-state index in [1.165, 1.54) is 25.1 Å². The van der Waals surface area contributed by atoms with Crippen LogP contribution in [0.25, 0.3) is 6.08 Å². The van der Waals surface area contributed by atoms with E-state index in [0.29, 0.717) is 17.1 Å². The molecular formula is C11H11ClN2O3. The monoisotopic (exact) mass is 254 g/mol. The van der Waals surface area contributed by atoms with Gasteiger partial charge in [0.1, 0.15) is 0 Å². The summed E-state index contributed by atoms with van der Waals surface area (Å²) in [6.07, 6.45) is 3.13. The van der Waals surface area contributed by atoms with Gasteiger partial charge in [-0.2, -0.15) is 0 Å². The molecule has 5 nitrogen and oxygen atoms in total. The molecule has 0 saturated carbocycles. The average Bonchev–Trinajstić information content (AvgIpc) is 2.25. The third-order valence-electron chi connectivity index (χ3n) is 1.98. The quantitative estimate of drug-likeness (QED) is 0.662. The summed E-state index contributed by atoms with van der Waals surface area (Å²) in [5, 5.41) is 13.6. The van der Waals surface area contributed by atoms with Crippen LogP contribution >= 0.6 is 11.6 Å².